The molecule has 1 rings (SSSR count). The predicted octanol–water partition coefficient (Wildman–Crippen LogP) is 2.18. The maximum Gasteiger partial charge on any atom is 0.343 e. The number of carbonyl (C=O) groups is 1. The van der Waals surface area contributed by atoms with Crippen LogP contribution in [0.2, 0.25) is 0 Å². The van der Waals surface area contributed by atoms with Gasteiger partial charge in [-0.25, -0.2) is 4.79 Å². The number of nitro benzene ring substituents is 1. The van der Waals surface area contributed by atoms with Crippen molar-refractivity contribution in [3.63, 3.8) is 0 Å². The summed E-state index contributed by atoms with van der Waals surface area (Å²) in [5, 5.41) is 23.0. The van der Waals surface area contributed by atoms with Crippen molar-refractivity contribution in [2.24, 2.45) is 0 Å². The molecular weight excluding hydrogens is 236 g/mol. The van der Waals surface area contributed by atoms with Gasteiger partial charge in [-0.2, -0.15) is 0 Å². The fourth-order valence-corrected chi connectivity index (χ4v) is 1.49. The molecule has 1 aromatic carbocycles. The lowest BCUT2D eigenvalue weighted by molar-refractivity contribution is -0.385. The highest BCUT2D eigenvalue weighted by molar-refractivity contribution is 5.94. The standard InChI is InChI=1S/C12H16N2O4/c1-12(2,3)13-7-8-5-4-6-9(14(17)18)10(8)11(15)16/h4-6,13H,7H2,1-3H3,(H,15,16). The van der Waals surface area contributed by atoms with E-state index in [0.717, 1.165) is 0 Å². The lowest BCUT2D eigenvalue weighted by Gasteiger charge is -2.21. The summed E-state index contributed by atoms with van der Waals surface area (Å²) in [5.41, 5.74) is -0.415. The molecule has 0 aliphatic carbocycles. The molecule has 0 saturated heterocycles. The number of benzene rings is 1. The van der Waals surface area contributed by atoms with Crippen LogP contribution in [0.1, 0.15) is 36.7 Å². The molecule has 0 spiro atoms. The molecule has 0 bridgehead atoms. The van der Waals surface area contributed by atoms with E-state index in [1.165, 1.54) is 12.1 Å². The first-order valence-corrected chi connectivity index (χ1v) is 5.47. The number of hydrogen-bond donors (Lipinski definition) is 2. The highest BCUT2D eigenvalue weighted by Crippen LogP contribution is 2.22. The molecule has 0 heterocycles. The van der Waals surface area contributed by atoms with Crippen molar-refractivity contribution in [3.8, 4) is 0 Å². The number of carboxylic acid groups (broad SMARTS) is 1. The fourth-order valence-electron chi connectivity index (χ4n) is 1.49. The maximum absolute atomic E-state index is 11.1. The molecule has 0 radical (unpaired) electrons. The number of hydrogen-bond acceptors (Lipinski definition) is 4. The highest BCUT2D eigenvalue weighted by atomic mass is 16.6. The van der Waals surface area contributed by atoms with Crippen LogP contribution in [0.5, 0.6) is 0 Å². The summed E-state index contributed by atoms with van der Waals surface area (Å²) >= 11 is 0. The summed E-state index contributed by atoms with van der Waals surface area (Å²) in [6, 6.07) is 4.27. The van der Waals surface area contributed by atoms with Crippen LogP contribution in [0.3, 0.4) is 0 Å². The number of rotatable bonds is 4. The molecule has 1 aromatic rings. The van der Waals surface area contributed by atoms with Crippen LogP contribution in [-0.4, -0.2) is 21.5 Å². The second kappa shape index (κ2) is 5.14. The van der Waals surface area contributed by atoms with Gasteiger partial charge in [0.05, 0.1) is 4.92 Å². The topological polar surface area (TPSA) is 92.5 Å². The van der Waals surface area contributed by atoms with Gasteiger partial charge in [-0.05, 0) is 26.3 Å². The maximum atomic E-state index is 11.1. The zero-order chi connectivity index (χ0) is 13.9. The van der Waals surface area contributed by atoms with Crippen molar-refractivity contribution in [3.05, 3.63) is 39.4 Å². The van der Waals surface area contributed by atoms with Crippen LogP contribution in [0.4, 0.5) is 5.69 Å². The summed E-state index contributed by atoms with van der Waals surface area (Å²) in [5.74, 6) is -1.28. The van der Waals surface area contributed by atoms with Gasteiger partial charge in [-0.1, -0.05) is 12.1 Å². The monoisotopic (exact) mass is 252 g/mol. The molecule has 0 amide bonds. The Labute approximate surface area is 105 Å². The Morgan fingerprint density at radius 1 is 1.44 bits per heavy atom. The van der Waals surface area contributed by atoms with E-state index in [9.17, 15) is 14.9 Å². The zero-order valence-electron chi connectivity index (χ0n) is 10.6. The van der Waals surface area contributed by atoms with E-state index in [2.05, 4.69) is 5.32 Å². The van der Waals surface area contributed by atoms with Crippen LogP contribution in [-0.2, 0) is 6.54 Å². The Hall–Kier alpha value is -1.95. The van der Waals surface area contributed by atoms with Gasteiger partial charge in [-0.3, -0.25) is 10.1 Å². The number of aromatic carboxylic acids is 1. The molecule has 0 aromatic heterocycles. The SMILES string of the molecule is CC(C)(C)NCc1cccc([N+](=O)[O-])c1C(=O)O. The summed E-state index contributed by atoms with van der Waals surface area (Å²) < 4.78 is 0. The second-order valence-electron chi connectivity index (χ2n) is 4.98. The molecule has 0 atom stereocenters. The van der Waals surface area contributed by atoms with Crippen LogP contribution >= 0.6 is 0 Å². The highest BCUT2D eigenvalue weighted by Gasteiger charge is 2.23. The second-order valence-corrected chi connectivity index (χ2v) is 4.98. The van der Waals surface area contributed by atoms with E-state index < -0.39 is 10.9 Å². The third-order valence-electron chi connectivity index (χ3n) is 2.35. The molecule has 6 heteroatoms. The average Bonchev–Trinajstić information content (AvgIpc) is 2.24. The van der Waals surface area contributed by atoms with Crippen molar-refractivity contribution in [2.45, 2.75) is 32.9 Å². The number of carboxylic acids is 1. The van der Waals surface area contributed by atoms with Crippen LogP contribution in [0, 0.1) is 10.1 Å². The summed E-state index contributed by atoms with van der Waals surface area (Å²) in [7, 11) is 0. The smallest absolute Gasteiger partial charge is 0.343 e. The Morgan fingerprint density at radius 2 is 2.06 bits per heavy atom. The van der Waals surface area contributed by atoms with Gasteiger partial charge in [0.25, 0.3) is 5.69 Å². The third kappa shape index (κ3) is 3.53. The Morgan fingerprint density at radius 3 is 2.50 bits per heavy atom. The van der Waals surface area contributed by atoms with Crippen LogP contribution in [0.25, 0.3) is 0 Å². The summed E-state index contributed by atoms with van der Waals surface area (Å²) in [4.78, 5) is 21.3. The first kappa shape index (κ1) is 14.1. The summed E-state index contributed by atoms with van der Waals surface area (Å²) in [6.45, 7) is 6.08. The molecule has 2 N–H and O–H groups in total. The molecule has 0 saturated carbocycles. The van der Waals surface area contributed by atoms with Gasteiger partial charge in [-0.15, -0.1) is 0 Å². The van der Waals surface area contributed by atoms with Gasteiger partial charge >= 0.3 is 5.97 Å². The average molecular weight is 252 g/mol. The lowest BCUT2D eigenvalue weighted by Crippen LogP contribution is -2.35. The third-order valence-corrected chi connectivity index (χ3v) is 2.35. The minimum absolute atomic E-state index is 0.194. The first-order valence-electron chi connectivity index (χ1n) is 5.47. The van der Waals surface area contributed by atoms with Gasteiger partial charge in [0.1, 0.15) is 5.56 Å². The molecule has 98 valence electrons. The minimum Gasteiger partial charge on any atom is -0.477 e. The zero-order valence-corrected chi connectivity index (χ0v) is 10.6. The quantitative estimate of drug-likeness (QED) is 0.633. The normalized spacial score (nSPS) is 11.3. The van der Waals surface area contributed by atoms with Gasteiger partial charge in [0.15, 0.2) is 0 Å². The molecule has 18 heavy (non-hydrogen) atoms. The minimum atomic E-state index is -1.28. The van der Waals surface area contributed by atoms with Gasteiger partial charge in [0.2, 0.25) is 0 Å². The lowest BCUT2D eigenvalue weighted by atomic mass is 10.0. The van der Waals surface area contributed by atoms with E-state index in [1.807, 2.05) is 20.8 Å². The van der Waals surface area contributed by atoms with E-state index in [0.29, 0.717) is 5.56 Å². The van der Waals surface area contributed by atoms with E-state index in [4.69, 9.17) is 5.11 Å². The van der Waals surface area contributed by atoms with Gasteiger partial charge in [0, 0.05) is 18.2 Å². The van der Waals surface area contributed by atoms with E-state index >= 15 is 0 Å². The van der Waals surface area contributed by atoms with Gasteiger partial charge < -0.3 is 10.4 Å². The van der Waals surface area contributed by atoms with Crippen molar-refractivity contribution < 1.29 is 14.8 Å². The number of nitrogens with zero attached hydrogens (tertiary/aromatic N) is 1. The molecule has 6 nitrogen and oxygen atoms in total. The molecule has 0 unspecified atom stereocenters. The van der Waals surface area contributed by atoms with Crippen LogP contribution < -0.4 is 5.32 Å². The molecular formula is C12H16N2O4. The molecule has 0 aliphatic heterocycles. The number of nitro groups is 1. The number of nitrogens with one attached hydrogen (secondary N) is 1. The van der Waals surface area contributed by atoms with Crippen molar-refractivity contribution in [1.82, 2.24) is 5.32 Å². The Bertz CT molecular complexity index is 477. The summed E-state index contributed by atoms with van der Waals surface area (Å²) in [6.07, 6.45) is 0. The van der Waals surface area contributed by atoms with Crippen molar-refractivity contribution in [1.29, 1.82) is 0 Å². The van der Waals surface area contributed by atoms with E-state index in [-0.39, 0.29) is 23.3 Å². The van der Waals surface area contributed by atoms with E-state index in [1.54, 1.807) is 6.07 Å². The first-order chi connectivity index (χ1) is 8.22. The van der Waals surface area contributed by atoms with Crippen molar-refractivity contribution >= 4 is 11.7 Å². The molecule has 0 fully saturated rings. The van der Waals surface area contributed by atoms with Crippen LogP contribution in [0.15, 0.2) is 18.2 Å². The molecule has 0 aliphatic rings. The largest absolute Gasteiger partial charge is 0.477 e. The van der Waals surface area contributed by atoms with Crippen molar-refractivity contribution in [2.75, 3.05) is 0 Å². The Balaban J connectivity index is 3.15. The predicted molar refractivity (Wildman–Crippen MR) is 66.6 cm³/mol. The Kier molecular flexibility index (Phi) is 4.03. The fraction of sp³-hybridized carbons (Fsp3) is 0.417.